The number of hydrogen-bond donors (Lipinski definition) is 2. The van der Waals surface area contributed by atoms with E-state index < -0.39 is 6.09 Å². The first-order valence-corrected chi connectivity index (χ1v) is 10.4. The molecule has 0 aliphatic rings. The predicted octanol–water partition coefficient (Wildman–Crippen LogP) is 4.42. The lowest BCUT2D eigenvalue weighted by Crippen LogP contribution is -2.29. The van der Waals surface area contributed by atoms with Crippen LogP contribution in [0.4, 0.5) is 10.5 Å². The smallest absolute Gasteiger partial charge is 0.411 e. The SMILES string of the molecule is COCCn1nccc1C(=O)NC(C)c1ccc(NC(=O)OCc2ccc(Cl)cc2)cc1. The van der Waals surface area contributed by atoms with Crippen LogP contribution in [0.2, 0.25) is 5.02 Å². The standard InChI is InChI=1S/C23H25ClN4O4/c1-16(26-22(29)21-11-12-25-28(21)13-14-31-2)18-5-9-20(10-6-18)27-23(30)32-15-17-3-7-19(24)8-4-17/h3-12,16H,13-15H2,1-2H3,(H,26,29)(H,27,30). The summed E-state index contributed by atoms with van der Waals surface area (Å²) in [6, 6.07) is 15.7. The van der Waals surface area contributed by atoms with Crippen molar-refractivity contribution in [3.8, 4) is 0 Å². The van der Waals surface area contributed by atoms with Crippen LogP contribution in [0.15, 0.2) is 60.8 Å². The lowest BCUT2D eigenvalue weighted by atomic mass is 10.1. The monoisotopic (exact) mass is 456 g/mol. The third-order valence-electron chi connectivity index (χ3n) is 4.74. The molecule has 1 atom stereocenters. The normalized spacial score (nSPS) is 11.6. The van der Waals surface area contributed by atoms with Crippen molar-refractivity contribution in [1.29, 1.82) is 0 Å². The minimum absolute atomic E-state index is 0.144. The third kappa shape index (κ3) is 6.57. The number of anilines is 1. The summed E-state index contributed by atoms with van der Waals surface area (Å²) in [5, 5.41) is 10.4. The molecule has 0 aliphatic heterocycles. The molecule has 168 valence electrons. The van der Waals surface area contributed by atoms with Crippen molar-refractivity contribution in [1.82, 2.24) is 15.1 Å². The molecular weight excluding hydrogens is 432 g/mol. The van der Waals surface area contributed by atoms with Crippen LogP contribution >= 0.6 is 11.6 Å². The number of hydrogen-bond acceptors (Lipinski definition) is 5. The molecule has 8 nitrogen and oxygen atoms in total. The Morgan fingerprint density at radius 1 is 1.09 bits per heavy atom. The average molecular weight is 457 g/mol. The summed E-state index contributed by atoms with van der Waals surface area (Å²) in [6.45, 7) is 2.99. The minimum Gasteiger partial charge on any atom is -0.444 e. The Labute approximate surface area is 191 Å². The number of rotatable bonds is 9. The Balaban J connectivity index is 1.51. The van der Waals surface area contributed by atoms with Crippen molar-refractivity contribution in [3.05, 3.63) is 82.6 Å². The van der Waals surface area contributed by atoms with Gasteiger partial charge in [-0.1, -0.05) is 35.9 Å². The van der Waals surface area contributed by atoms with Gasteiger partial charge in [-0.2, -0.15) is 5.10 Å². The van der Waals surface area contributed by atoms with E-state index in [9.17, 15) is 9.59 Å². The molecule has 1 aromatic heterocycles. The molecule has 0 bridgehead atoms. The number of carbonyl (C=O) groups excluding carboxylic acids is 2. The number of ether oxygens (including phenoxy) is 2. The largest absolute Gasteiger partial charge is 0.444 e. The number of methoxy groups -OCH3 is 1. The summed E-state index contributed by atoms with van der Waals surface area (Å²) < 4.78 is 11.9. The van der Waals surface area contributed by atoms with Gasteiger partial charge in [0, 0.05) is 24.0 Å². The molecule has 0 saturated heterocycles. The van der Waals surface area contributed by atoms with Gasteiger partial charge < -0.3 is 14.8 Å². The van der Waals surface area contributed by atoms with E-state index in [0.717, 1.165) is 11.1 Å². The summed E-state index contributed by atoms with van der Waals surface area (Å²) in [6.07, 6.45) is 1.03. The molecule has 9 heteroatoms. The summed E-state index contributed by atoms with van der Waals surface area (Å²) in [5.74, 6) is -0.223. The molecule has 1 heterocycles. The van der Waals surface area contributed by atoms with Gasteiger partial charge in [-0.15, -0.1) is 0 Å². The Bertz CT molecular complexity index is 1030. The van der Waals surface area contributed by atoms with Gasteiger partial charge >= 0.3 is 6.09 Å². The number of halogens is 1. The van der Waals surface area contributed by atoms with Gasteiger partial charge in [-0.25, -0.2) is 4.79 Å². The Hall–Kier alpha value is -3.36. The van der Waals surface area contributed by atoms with Gasteiger partial charge in [0.2, 0.25) is 0 Å². The minimum atomic E-state index is -0.557. The summed E-state index contributed by atoms with van der Waals surface area (Å²) in [4.78, 5) is 24.6. The topological polar surface area (TPSA) is 94.5 Å². The molecule has 1 unspecified atom stereocenters. The highest BCUT2D eigenvalue weighted by molar-refractivity contribution is 6.30. The highest BCUT2D eigenvalue weighted by Gasteiger charge is 2.15. The van der Waals surface area contributed by atoms with E-state index in [4.69, 9.17) is 21.1 Å². The molecular formula is C23H25ClN4O4. The molecule has 0 radical (unpaired) electrons. The number of benzene rings is 2. The molecule has 32 heavy (non-hydrogen) atoms. The fourth-order valence-electron chi connectivity index (χ4n) is 2.97. The fourth-order valence-corrected chi connectivity index (χ4v) is 3.10. The quantitative estimate of drug-likeness (QED) is 0.497. The summed E-state index contributed by atoms with van der Waals surface area (Å²) in [5.41, 5.74) is 2.79. The molecule has 2 amide bonds. The second-order valence-corrected chi connectivity index (χ2v) is 7.51. The highest BCUT2D eigenvalue weighted by atomic mass is 35.5. The van der Waals surface area contributed by atoms with Crippen molar-refractivity contribution >= 4 is 29.3 Å². The second-order valence-electron chi connectivity index (χ2n) is 7.08. The third-order valence-corrected chi connectivity index (χ3v) is 5.00. The lowest BCUT2D eigenvalue weighted by molar-refractivity contribution is 0.0925. The summed E-state index contributed by atoms with van der Waals surface area (Å²) in [7, 11) is 1.60. The van der Waals surface area contributed by atoms with E-state index in [2.05, 4.69) is 15.7 Å². The van der Waals surface area contributed by atoms with E-state index in [1.54, 1.807) is 60.5 Å². The predicted molar refractivity (Wildman–Crippen MR) is 122 cm³/mol. The van der Waals surface area contributed by atoms with Gasteiger partial charge in [0.05, 0.1) is 19.2 Å². The molecule has 3 rings (SSSR count). The van der Waals surface area contributed by atoms with Crippen LogP contribution in [0.1, 0.15) is 34.6 Å². The first kappa shape index (κ1) is 23.3. The first-order valence-electron chi connectivity index (χ1n) is 10.1. The number of amides is 2. The van der Waals surface area contributed by atoms with Gasteiger partial charge in [-0.3, -0.25) is 14.8 Å². The Morgan fingerprint density at radius 3 is 2.50 bits per heavy atom. The van der Waals surface area contributed by atoms with Crippen LogP contribution in [0.3, 0.4) is 0 Å². The van der Waals surface area contributed by atoms with Crippen molar-refractivity contribution in [2.75, 3.05) is 19.0 Å². The van der Waals surface area contributed by atoms with Crippen LogP contribution in [-0.4, -0.2) is 35.5 Å². The van der Waals surface area contributed by atoms with Crippen LogP contribution in [-0.2, 0) is 22.6 Å². The first-order chi connectivity index (χ1) is 15.5. The number of carbonyl (C=O) groups is 2. The van der Waals surface area contributed by atoms with Crippen LogP contribution in [0, 0.1) is 0 Å². The number of aromatic nitrogens is 2. The van der Waals surface area contributed by atoms with Crippen molar-refractivity contribution in [2.24, 2.45) is 0 Å². The van der Waals surface area contributed by atoms with E-state index in [1.165, 1.54) is 0 Å². The van der Waals surface area contributed by atoms with Crippen LogP contribution in [0.5, 0.6) is 0 Å². The van der Waals surface area contributed by atoms with Gasteiger partial charge in [0.1, 0.15) is 12.3 Å². The average Bonchev–Trinajstić information content (AvgIpc) is 3.26. The van der Waals surface area contributed by atoms with Crippen molar-refractivity contribution < 1.29 is 19.1 Å². The summed E-state index contributed by atoms with van der Waals surface area (Å²) >= 11 is 5.84. The van der Waals surface area contributed by atoms with Crippen LogP contribution < -0.4 is 10.6 Å². The van der Waals surface area contributed by atoms with Crippen LogP contribution in [0.25, 0.3) is 0 Å². The van der Waals surface area contributed by atoms with E-state index in [1.807, 2.05) is 19.1 Å². The van der Waals surface area contributed by atoms with E-state index in [-0.39, 0.29) is 18.6 Å². The molecule has 2 aromatic carbocycles. The Kier molecular flexibility index (Phi) is 8.24. The Morgan fingerprint density at radius 2 is 1.81 bits per heavy atom. The van der Waals surface area contributed by atoms with E-state index >= 15 is 0 Å². The zero-order chi connectivity index (χ0) is 22.9. The van der Waals surface area contributed by atoms with Gasteiger partial charge in [0.25, 0.3) is 5.91 Å². The second kappa shape index (κ2) is 11.3. The lowest BCUT2D eigenvalue weighted by Gasteiger charge is -2.16. The maximum atomic E-state index is 12.6. The molecule has 0 aliphatic carbocycles. The van der Waals surface area contributed by atoms with Crippen molar-refractivity contribution in [2.45, 2.75) is 26.1 Å². The highest BCUT2D eigenvalue weighted by Crippen LogP contribution is 2.17. The van der Waals surface area contributed by atoms with E-state index in [0.29, 0.717) is 29.6 Å². The molecule has 0 saturated carbocycles. The number of nitrogens with zero attached hydrogens (tertiary/aromatic N) is 2. The zero-order valence-corrected chi connectivity index (χ0v) is 18.6. The molecule has 0 spiro atoms. The van der Waals surface area contributed by atoms with Crippen molar-refractivity contribution in [3.63, 3.8) is 0 Å². The van der Waals surface area contributed by atoms with Gasteiger partial charge in [-0.05, 0) is 48.4 Å². The molecule has 2 N–H and O–H groups in total. The van der Waals surface area contributed by atoms with Gasteiger partial charge in [0.15, 0.2) is 0 Å². The fraction of sp³-hybridized carbons (Fsp3) is 0.261. The molecule has 3 aromatic rings. The zero-order valence-electron chi connectivity index (χ0n) is 17.9. The maximum Gasteiger partial charge on any atom is 0.411 e. The maximum absolute atomic E-state index is 12.6. The molecule has 0 fully saturated rings. The number of nitrogens with one attached hydrogen (secondary N) is 2.